The molecule has 1 aliphatic rings. The van der Waals surface area contributed by atoms with Crippen LogP contribution in [0.2, 0.25) is 0 Å². The standard InChI is InChI=1S/C21H21BrN2O4/c1-27-19-5-3-2-4-17(19)20(25)23-18(14-15-6-8-16(22)9-7-15)21(26)24-10-12-28-13-11-24/h2-9,14H,10-13H2,1H3,(H,23,25)/b18-14+. The van der Waals surface area contributed by atoms with Crippen LogP contribution in [0.25, 0.3) is 6.08 Å². The Labute approximate surface area is 172 Å². The van der Waals surface area contributed by atoms with E-state index in [4.69, 9.17) is 9.47 Å². The third-order valence-electron chi connectivity index (χ3n) is 4.31. The predicted molar refractivity (Wildman–Crippen MR) is 110 cm³/mol. The Morgan fingerprint density at radius 3 is 2.46 bits per heavy atom. The van der Waals surface area contributed by atoms with Crippen molar-refractivity contribution in [3.63, 3.8) is 0 Å². The maximum Gasteiger partial charge on any atom is 0.270 e. The van der Waals surface area contributed by atoms with Gasteiger partial charge in [0.15, 0.2) is 0 Å². The first-order chi connectivity index (χ1) is 13.6. The van der Waals surface area contributed by atoms with Crippen LogP contribution in [0, 0.1) is 0 Å². The number of amides is 2. The molecule has 0 radical (unpaired) electrons. The lowest BCUT2D eigenvalue weighted by Crippen LogP contribution is -2.44. The van der Waals surface area contributed by atoms with Crippen LogP contribution in [0.4, 0.5) is 0 Å². The minimum absolute atomic E-state index is 0.208. The molecule has 1 N–H and O–H groups in total. The number of rotatable bonds is 5. The number of ether oxygens (including phenoxy) is 2. The highest BCUT2D eigenvalue weighted by Crippen LogP contribution is 2.19. The molecule has 1 heterocycles. The Bertz CT molecular complexity index is 874. The lowest BCUT2D eigenvalue weighted by molar-refractivity contribution is -0.131. The third kappa shape index (κ3) is 4.99. The molecule has 3 rings (SSSR count). The summed E-state index contributed by atoms with van der Waals surface area (Å²) in [6.45, 7) is 1.94. The van der Waals surface area contributed by atoms with Crippen molar-refractivity contribution in [1.82, 2.24) is 10.2 Å². The van der Waals surface area contributed by atoms with Gasteiger partial charge in [-0.25, -0.2) is 0 Å². The SMILES string of the molecule is COc1ccccc1C(=O)N/C(=C/c1ccc(Br)cc1)C(=O)N1CCOCC1. The molecule has 2 amide bonds. The van der Waals surface area contributed by atoms with Crippen molar-refractivity contribution in [2.45, 2.75) is 0 Å². The number of carbonyl (C=O) groups excluding carboxylic acids is 2. The number of para-hydroxylation sites is 1. The monoisotopic (exact) mass is 444 g/mol. The first-order valence-corrected chi connectivity index (χ1v) is 9.66. The van der Waals surface area contributed by atoms with Gasteiger partial charge in [-0.15, -0.1) is 0 Å². The molecule has 0 bridgehead atoms. The summed E-state index contributed by atoms with van der Waals surface area (Å²) in [5.74, 6) is -0.196. The molecule has 1 fully saturated rings. The molecule has 0 aromatic heterocycles. The zero-order chi connectivity index (χ0) is 19.9. The number of methoxy groups -OCH3 is 1. The van der Waals surface area contributed by atoms with Crippen molar-refractivity contribution >= 4 is 33.8 Å². The molecule has 6 nitrogen and oxygen atoms in total. The van der Waals surface area contributed by atoms with Gasteiger partial charge in [0, 0.05) is 17.6 Å². The predicted octanol–water partition coefficient (Wildman–Crippen LogP) is 3.09. The largest absolute Gasteiger partial charge is 0.496 e. The molecule has 1 aliphatic heterocycles. The van der Waals surface area contributed by atoms with E-state index in [9.17, 15) is 9.59 Å². The molecular formula is C21H21BrN2O4. The molecule has 0 saturated carbocycles. The fourth-order valence-corrected chi connectivity index (χ4v) is 3.10. The topological polar surface area (TPSA) is 67.9 Å². The molecule has 0 unspecified atom stereocenters. The van der Waals surface area contributed by atoms with Gasteiger partial charge in [-0.3, -0.25) is 9.59 Å². The second-order valence-electron chi connectivity index (χ2n) is 6.17. The Hall–Kier alpha value is -2.64. The molecule has 7 heteroatoms. The summed E-state index contributed by atoms with van der Waals surface area (Å²) in [5, 5.41) is 2.77. The Kier molecular flexibility index (Phi) is 6.84. The summed E-state index contributed by atoms with van der Waals surface area (Å²) < 4.78 is 11.5. The number of halogens is 1. The fraction of sp³-hybridized carbons (Fsp3) is 0.238. The van der Waals surface area contributed by atoms with Gasteiger partial charge < -0.3 is 19.7 Å². The number of nitrogens with zero attached hydrogens (tertiary/aromatic N) is 1. The highest BCUT2D eigenvalue weighted by molar-refractivity contribution is 9.10. The van der Waals surface area contributed by atoms with Crippen LogP contribution in [0.5, 0.6) is 5.75 Å². The fourth-order valence-electron chi connectivity index (χ4n) is 2.84. The number of morpholine rings is 1. The lowest BCUT2D eigenvalue weighted by atomic mass is 10.1. The Morgan fingerprint density at radius 1 is 1.11 bits per heavy atom. The zero-order valence-electron chi connectivity index (χ0n) is 15.5. The van der Waals surface area contributed by atoms with Crippen molar-refractivity contribution in [2.24, 2.45) is 0 Å². The third-order valence-corrected chi connectivity index (χ3v) is 4.84. The first kappa shape index (κ1) is 20.1. The maximum atomic E-state index is 13.0. The van der Waals surface area contributed by atoms with E-state index in [-0.39, 0.29) is 11.6 Å². The van der Waals surface area contributed by atoms with Gasteiger partial charge in [0.05, 0.1) is 25.9 Å². The van der Waals surface area contributed by atoms with Crippen molar-refractivity contribution in [3.8, 4) is 5.75 Å². The minimum Gasteiger partial charge on any atom is -0.496 e. The van der Waals surface area contributed by atoms with Crippen LogP contribution >= 0.6 is 15.9 Å². The quantitative estimate of drug-likeness (QED) is 0.719. The molecule has 2 aromatic rings. The average molecular weight is 445 g/mol. The van der Waals surface area contributed by atoms with Crippen LogP contribution in [0.3, 0.4) is 0 Å². The summed E-state index contributed by atoms with van der Waals surface area (Å²) in [7, 11) is 1.50. The number of hydrogen-bond acceptors (Lipinski definition) is 4. The van der Waals surface area contributed by atoms with E-state index in [0.717, 1.165) is 10.0 Å². The Morgan fingerprint density at radius 2 is 1.79 bits per heavy atom. The van der Waals surface area contributed by atoms with Crippen LogP contribution in [0.15, 0.2) is 58.7 Å². The van der Waals surface area contributed by atoms with Crippen molar-refractivity contribution in [2.75, 3.05) is 33.4 Å². The van der Waals surface area contributed by atoms with E-state index in [0.29, 0.717) is 37.6 Å². The van der Waals surface area contributed by atoms with Gasteiger partial charge >= 0.3 is 0 Å². The van der Waals surface area contributed by atoms with E-state index in [1.54, 1.807) is 35.2 Å². The van der Waals surface area contributed by atoms with Crippen molar-refractivity contribution in [1.29, 1.82) is 0 Å². The number of benzene rings is 2. The summed E-state index contributed by atoms with van der Waals surface area (Å²) in [6, 6.07) is 14.4. The minimum atomic E-state index is -0.401. The zero-order valence-corrected chi connectivity index (χ0v) is 17.1. The molecule has 0 aliphatic carbocycles. The van der Waals surface area contributed by atoms with Gasteiger partial charge in [0.1, 0.15) is 11.4 Å². The highest BCUT2D eigenvalue weighted by Gasteiger charge is 2.23. The normalized spacial score (nSPS) is 14.5. The van der Waals surface area contributed by atoms with Crippen LogP contribution in [-0.2, 0) is 9.53 Å². The van der Waals surface area contributed by atoms with Gasteiger partial charge in [0.25, 0.3) is 11.8 Å². The van der Waals surface area contributed by atoms with Crippen LogP contribution < -0.4 is 10.1 Å². The molecule has 0 atom stereocenters. The van der Waals surface area contributed by atoms with E-state index in [1.165, 1.54) is 7.11 Å². The summed E-state index contributed by atoms with van der Waals surface area (Å²) in [4.78, 5) is 27.5. The maximum absolute atomic E-state index is 13.0. The van der Waals surface area contributed by atoms with E-state index < -0.39 is 5.91 Å². The highest BCUT2D eigenvalue weighted by atomic mass is 79.9. The lowest BCUT2D eigenvalue weighted by Gasteiger charge is -2.28. The van der Waals surface area contributed by atoms with E-state index in [2.05, 4.69) is 21.2 Å². The Balaban J connectivity index is 1.90. The van der Waals surface area contributed by atoms with Gasteiger partial charge in [-0.1, -0.05) is 40.2 Å². The number of carbonyl (C=O) groups is 2. The van der Waals surface area contributed by atoms with Crippen molar-refractivity contribution < 1.29 is 19.1 Å². The molecule has 28 heavy (non-hydrogen) atoms. The summed E-state index contributed by atoms with van der Waals surface area (Å²) in [5.41, 5.74) is 1.38. The van der Waals surface area contributed by atoms with Crippen molar-refractivity contribution in [3.05, 3.63) is 69.8 Å². The average Bonchev–Trinajstić information content (AvgIpc) is 2.74. The smallest absolute Gasteiger partial charge is 0.270 e. The van der Waals surface area contributed by atoms with Gasteiger partial charge in [-0.2, -0.15) is 0 Å². The second kappa shape index (κ2) is 9.52. The number of hydrogen-bond donors (Lipinski definition) is 1. The number of nitrogens with one attached hydrogen (secondary N) is 1. The molecule has 2 aromatic carbocycles. The van der Waals surface area contributed by atoms with Gasteiger partial charge in [0.2, 0.25) is 0 Å². The van der Waals surface area contributed by atoms with Gasteiger partial charge in [-0.05, 0) is 35.9 Å². The summed E-state index contributed by atoms with van der Waals surface area (Å²) >= 11 is 3.40. The summed E-state index contributed by atoms with van der Waals surface area (Å²) in [6.07, 6.45) is 1.68. The molecule has 146 valence electrons. The van der Waals surface area contributed by atoms with E-state index in [1.807, 2.05) is 24.3 Å². The van der Waals surface area contributed by atoms with Crippen LogP contribution in [-0.4, -0.2) is 50.1 Å². The molecular weight excluding hydrogens is 424 g/mol. The first-order valence-electron chi connectivity index (χ1n) is 8.87. The van der Waals surface area contributed by atoms with Crippen LogP contribution in [0.1, 0.15) is 15.9 Å². The molecule has 0 spiro atoms. The van der Waals surface area contributed by atoms with E-state index >= 15 is 0 Å². The second-order valence-corrected chi connectivity index (χ2v) is 7.08. The molecule has 1 saturated heterocycles.